The number of alkyl halides is 1. The van der Waals surface area contributed by atoms with Crippen LogP contribution in [0.4, 0.5) is 0 Å². The fraction of sp³-hybridized carbons (Fsp3) is 0.500. The molecule has 1 rings (SSSR count). The molecule has 1 fully saturated rings. The number of hydrogen-bond donors (Lipinski definition) is 0. The van der Waals surface area contributed by atoms with Crippen LogP contribution >= 0.6 is 31.9 Å². The van der Waals surface area contributed by atoms with E-state index >= 15 is 0 Å². The maximum atomic E-state index is 11.4. The van der Waals surface area contributed by atoms with Crippen LogP contribution in [0.2, 0.25) is 0 Å². The summed E-state index contributed by atoms with van der Waals surface area (Å²) in [5.41, 5.74) is 0. The van der Waals surface area contributed by atoms with E-state index in [4.69, 9.17) is 9.47 Å². The lowest BCUT2D eigenvalue weighted by Crippen LogP contribution is -2.08. The fourth-order valence-corrected chi connectivity index (χ4v) is 2.72. The Morgan fingerprint density at radius 1 is 1.80 bits per heavy atom. The molecule has 2 atom stereocenters. The number of ether oxygens (including phenoxy) is 2. The predicted octanol–water partition coefficient (Wildman–Crippen LogP) is 2.89. The zero-order valence-electron chi connectivity index (χ0n) is 8.33. The molecule has 0 aromatic heterocycles. The summed E-state index contributed by atoms with van der Waals surface area (Å²) in [5, 5.41) is 0. The summed E-state index contributed by atoms with van der Waals surface area (Å²) in [6, 6.07) is 0. The van der Waals surface area contributed by atoms with Gasteiger partial charge in [-0.2, -0.15) is 0 Å². The fourth-order valence-electron chi connectivity index (χ4n) is 1.22. The lowest BCUT2D eigenvalue weighted by atomic mass is 10.2. The minimum Gasteiger partial charge on any atom is -0.488 e. The van der Waals surface area contributed by atoms with Gasteiger partial charge in [0.15, 0.2) is 0 Å². The number of carbonyl (C=O) groups is 1. The van der Waals surface area contributed by atoms with Crippen LogP contribution in [0.15, 0.2) is 22.9 Å². The van der Waals surface area contributed by atoms with Gasteiger partial charge in [0.2, 0.25) is 0 Å². The lowest BCUT2D eigenvalue weighted by molar-refractivity contribution is -0.137. The highest BCUT2D eigenvalue weighted by Crippen LogP contribution is 2.34. The smallest absolute Gasteiger partial charge is 0.348 e. The monoisotopic (exact) mass is 338 g/mol. The van der Waals surface area contributed by atoms with Crippen LogP contribution < -0.4 is 0 Å². The Bertz CT molecular complexity index is 299. The van der Waals surface area contributed by atoms with Crippen molar-refractivity contribution in [1.29, 1.82) is 0 Å². The second-order valence-corrected chi connectivity index (χ2v) is 4.89. The van der Waals surface area contributed by atoms with Crippen molar-refractivity contribution in [1.82, 2.24) is 0 Å². The second-order valence-electron chi connectivity index (χ2n) is 2.99. The summed E-state index contributed by atoms with van der Waals surface area (Å²) in [6.07, 6.45) is 2.44. The molecule has 0 saturated carbocycles. The minimum atomic E-state index is -0.401. The standard InChI is InChI=1S/C10H12Br2O3/c1-3-6-5-7(11)9(15-6)8(12)10(13)14-4-2/h3,6-7H,1,4-5H2,2H3/b9-8+. The quantitative estimate of drug-likeness (QED) is 0.343. The van der Waals surface area contributed by atoms with E-state index in [0.29, 0.717) is 16.8 Å². The number of esters is 1. The van der Waals surface area contributed by atoms with E-state index in [0.717, 1.165) is 6.42 Å². The van der Waals surface area contributed by atoms with Crippen molar-refractivity contribution >= 4 is 37.8 Å². The highest BCUT2D eigenvalue weighted by atomic mass is 79.9. The van der Waals surface area contributed by atoms with Crippen molar-refractivity contribution in [3.8, 4) is 0 Å². The van der Waals surface area contributed by atoms with E-state index in [1.807, 2.05) is 0 Å². The van der Waals surface area contributed by atoms with Gasteiger partial charge in [0.05, 0.1) is 11.4 Å². The van der Waals surface area contributed by atoms with Gasteiger partial charge in [-0.25, -0.2) is 4.79 Å². The van der Waals surface area contributed by atoms with Gasteiger partial charge >= 0.3 is 5.97 Å². The number of carbonyl (C=O) groups excluding carboxylic acids is 1. The number of hydrogen-bond acceptors (Lipinski definition) is 3. The zero-order valence-corrected chi connectivity index (χ0v) is 11.5. The molecule has 2 unspecified atom stereocenters. The summed E-state index contributed by atoms with van der Waals surface area (Å²) < 4.78 is 10.7. The summed E-state index contributed by atoms with van der Waals surface area (Å²) in [6.45, 7) is 5.76. The Labute approximate surface area is 106 Å². The Hall–Kier alpha value is -0.290. The molecule has 1 saturated heterocycles. The van der Waals surface area contributed by atoms with Crippen LogP contribution in [-0.4, -0.2) is 23.5 Å². The summed E-state index contributed by atoms with van der Waals surface area (Å²) in [4.78, 5) is 11.4. The van der Waals surface area contributed by atoms with Gasteiger partial charge in [-0.15, -0.1) is 0 Å². The van der Waals surface area contributed by atoms with Gasteiger partial charge in [0.25, 0.3) is 0 Å². The first-order chi connectivity index (χ1) is 7.10. The molecule has 0 aliphatic carbocycles. The van der Waals surface area contributed by atoms with Crippen LogP contribution in [0.25, 0.3) is 0 Å². The van der Waals surface area contributed by atoms with Crippen LogP contribution in [0.1, 0.15) is 13.3 Å². The van der Waals surface area contributed by atoms with E-state index in [9.17, 15) is 4.79 Å². The van der Waals surface area contributed by atoms with E-state index in [2.05, 4.69) is 38.4 Å². The Kier molecular flexibility index (Phi) is 4.86. The third kappa shape index (κ3) is 3.08. The van der Waals surface area contributed by atoms with Gasteiger partial charge in [-0.1, -0.05) is 28.6 Å². The number of allylic oxidation sites excluding steroid dienone is 1. The molecular weight excluding hydrogens is 328 g/mol. The third-order valence-electron chi connectivity index (χ3n) is 1.94. The molecule has 0 radical (unpaired) electrons. The van der Waals surface area contributed by atoms with E-state index < -0.39 is 5.97 Å². The molecule has 0 spiro atoms. The second kappa shape index (κ2) is 5.70. The topological polar surface area (TPSA) is 35.5 Å². The third-order valence-corrected chi connectivity index (χ3v) is 3.44. The normalized spacial score (nSPS) is 28.2. The first-order valence-electron chi connectivity index (χ1n) is 4.60. The average molecular weight is 340 g/mol. The van der Waals surface area contributed by atoms with Gasteiger partial charge in [0, 0.05) is 6.42 Å². The van der Waals surface area contributed by atoms with E-state index in [-0.39, 0.29) is 10.9 Å². The maximum absolute atomic E-state index is 11.4. The van der Waals surface area contributed by atoms with Crippen LogP contribution in [0, 0.1) is 0 Å². The molecule has 84 valence electrons. The molecule has 1 heterocycles. The molecule has 5 heteroatoms. The highest BCUT2D eigenvalue weighted by molar-refractivity contribution is 9.12. The van der Waals surface area contributed by atoms with Crippen molar-refractivity contribution in [2.75, 3.05) is 6.61 Å². The minimum absolute atomic E-state index is 0.0271. The highest BCUT2D eigenvalue weighted by Gasteiger charge is 2.31. The van der Waals surface area contributed by atoms with Gasteiger partial charge in [0.1, 0.15) is 16.3 Å². The van der Waals surface area contributed by atoms with Crippen molar-refractivity contribution in [2.45, 2.75) is 24.3 Å². The van der Waals surface area contributed by atoms with Crippen molar-refractivity contribution in [3.05, 3.63) is 22.9 Å². The Balaban J connectivity index is 2.80. The zero-order chi connectivity index (χ0) is 11.4. The molecule has 3 nitrogen and oxygen atoms in total. The average Bonchev–Trinajstić information content (AvgIpc) is 2.59. The van der Waals surface area contributed by atoms with Crippen LogP contribution in [0.5, 0.6) is 0 Å². The summed E-state index contributed by atoms with van der Waals surface area (Å²) in [7, 11) is 0. The number of halogens is 2. The Morgan fingerprint density at radius 2 is 2.47 bits per heavy atom. The lowest BCUT2D eigenvalue weighted by Gasteiger charge is -2.07. The van der Waals surface area contributed by atoms with Crippen molar-refractivity contribution < 1.29 is 14.3 Å². The first-order valence-corrected chi connectivity index (χ1v) is 6.31. The SMILES string of the molecule is C=CC1CC(Br)/C(=C(\Br)C(=O)OCC)O1. The summed E-state index contributed by atoms with van der Waals surface area (Å²) in [5.74, 6) is 0.181. The van der Waals surface area contributed by atoms with E-state index in [1.165, 1.54) is 0 Å². The number of rotatable bonds is 3. The molecule has 0 aromatic rings. The van der Waals surface area contributed by atoms with Gasteiger partial charge < -0.3 is 9.47 Å². The molecule has 0 bridgehead atoms. The molecule has 15 heavy (non-hydrogen) atoms. The maximum Gasteiger partial charge on any atom is 0.348 e. The van der Waals surface area contributed by atoms with E-state index in [1.54, 1.807) is 13.0 Å². The van der Waals surface area contributed by atoms with Crippen LogP contribution in [-0.2, 0) is 14.3 Å². The molecule has 0 amide bonds. The first kappa shape index (κ1) is 12.8. The molecule has 0 aromatic carbocycles. The Morgan fingerprint density at radius 3 is 2.93 bits per heavy atom. The van der Waals surface area contributed by atoms with Crippen molar-refractivity contribution in [2.24, 2.45) is 0 Å². The van der Waals surface area contributed by atoms with Crippen LogP contribution in [0.3, 0.4) is 0 Å². The van der Waals surface area contributed by atoms with Gasteiger partial charge in [-0.3, -0.25) is 0 Å². The predicted molar refractivity (Wildman–Crippen MR) is 65.0 cm³/mol. The molecule has 1 aliphatic rings. The largest absolute Gasteiger partial charge is 0.488 e. The summed E-state index contributed by atoms with van der Waals surface area (Å²) >= 11 is 6.62. The molecule has 0 N–H and O–H groups in total. The molecular formula is C10H12Br2O3. The molecule has 1 aliphatic heterocycles. The van der Waals surface area contributed by atoms with Gasteiger partial charge in [-0.05, 0) is 22.9 Å². The van der Waals surface area contributed by atoms with Crippen molar-refractivity contribution in [3.63, 3.8) is 0 Å².